The highest BCUT2D eigenvalue weighted by molar-refractivity contribution is 6.24. The lowest BCUT2D eigenvalue weighted by Crippen LogP contribution is -1.93. The summed E-state index contributed by atoms with van der Waals surface area (Å²) in [6.07, 6.45) is 0. The first-order valence-corrected chi connectivity index (χ1v) is 9.50. The molecule has 0 radical (unpaired) electrons. The van der Waals surface area contributed by atoms with Gasteiger partial charge in [0.25, 0.3) is 0 Å². The number of benzene rings is 5. The van der Waals surface area contributed by atoms with E-state index in [1.807, 2.05) is 12.1 Å². The van der Waals surface area contributed by atoms with Gasteiger partial charge in [0, 0.05) is 22.1 Å². The fourth-order valence-electron chi connectivity index (χ4n) is 4.39. The molecule has 0 amide bonds. The van der Waals surface area contributed by atoms with Crippen molar-refractivity contribution in [1.29, 1.82) is 0 Å². The summed E-state index contributed by atoms with van der Waals surface area (Å²) >= 11 is 0. The quantitative estimate of drug-likeness (QED) is 0.273. The van der Waals surface area contributed by atoms with Crippen LogP contribution in [-0.2, 0) is 0 Å². The monoisotopic (exact) mass is 358 g/mol. The molecule has 2 nitrogen and oxygen atoms in total. The molecule has 0 bridgehead atoms. The number of hydrogen-bond acceptors (Lipinski definition) is 1. The van der Waals surface area contributed by atoms with Crippen molar-refractivity contribution < 1.29 is 0 Å². The van der Waals surface area contributed by atoms with E-state index in [4.69, 9.17) is 5.73 Å². The number of nitrogen functional groups attached to an aromatic ring is 1. The number of anilines is 1. The zero-order valence-corrected chi connectivity index (χ0v) is 15.3. The Bertz CT molecular complexity index is 1440. The summed E-state index contributed by atoms with van der Waals surface area (Å²) in [7, 11) is 0. The van der Waals surface area contributed by atoms with Gasteiger partial charge >= 0.3 is 0 Å². The van der Waals surface area contributed by atoms with Crippen molar-refractivity contribution in [3.05, 3.63) is 97.1 Å². The molecule has 1 aromatic heterocycles. The van der Waals surface area contributed by atoms with Gasteiger partial charge in [0.05, 0.1) is 11.0 Å². The van der Waals surface area contributed by atoms with Gasteiger partial charge in [-0.3, -0.25) is 0 Å². The van der Waals surface area contributed by atoms with E-state index in [1.54, 1.807) is 0 Å². The zero-order chi connectivity index (χ0) is 18.7. The number of para-hydroxylation sites is 1. The van der Waals surface area contributed by atoms with Crippen molar-refractivity contribution in [1.82, 2.24) is 4.57 Å². The summed E-state index contributed by atoms with van der Waals surface area (Å²) in [5, 5.41) is 5.21. The molecule has 6 aromatic rings. The molecule has 0 saturated heterocycles. The van der Waals surface area contributed by atoms with Crippen molar-refractivity contribution in [2.24, 2.45) is 0 Å². The summed E-state index contributed by atoms with van der Waals surface area (Å²) < 4.78 is 2.38. The van der Waals surface area contributed by atoms with E-state index in [9.17, 15) is 0 Å². The lowest BCUT2D eigenvalue weighted by atomic mass is 9.97. The Morgan fingerprint density at radius 2 is 1.29 bits per heavy atom. The van der Waals surface area contributed by atoms with Gasteiger partial charge in [-0.2, -0.15) is 0 Å². The normalized spacial score (nSPS) is 11.7. The summed E-state index contributed by atoms with van der Waals surface area (Å²) in [6.45, 7) is 0. The number of rotatable bonds is 2. The maximum atomic E-state index is 5.89. The van der Waals surface area contributed by atoms with Crippen molar-refractivity contribution in [3.63, 3.8) is 0 Å². The Morgan fingerprint density at radius 1 is 0.536 bits per heavy atom. The first kappa shape index (κ1) is 15.3. The van der Waals surface area contributed by atoms with Gasteiger partial charge in [-0.05, 0) is 64.4 Å². The van der Waals surface area contributed by atoms with Gasteiger partial charge < -0.3 is 10.3 Å². The summed E-state index contributed by atoms with van der Waals surface area (Å²) in [4.78, 5) is 0. The molecule has 2 heteroatoms. The van der Waals surface area contributed by atoms with Crippen LogP contribution >= 0.6 is 0 Å². The van der Waals surface area contributed by atoms with E-state index in [0.29, 0.717) is 0 Å². The predicted octanol–water partition coefficient (Wildman–Crippen LogP) is 6.62. The minimum atomic E-state index is 0.786. The van der Waals surface area contributed by atoms with Gasteiger partial charge in [0.1, 0.15) is 0 Å². The highest BCUT2D eigenvalue weighted by atomic mass is 15.0. The van der Waals surface area contributed by atoms with Crippen LogP contribution in [0.5, 0.6) is 0 Å². The van der Waals surface area contributed by atoms with Crippen molar-refractivity contribution in [2.45, 2.75) is 0 Å². The van der Waals surface area contributed by atoms with E-state index < -0.39 is 0 Å². The Kier molecular flexibility index (Phi) is 3.06. The Labute approximate surface area is 162 Å². The van der Waals surface area contributed by atoms with Gasteiger partial charge in [-0.25, -0.2) is 0 Å². The Hall–Kier alpha value is -3.78. The first-order chi connectivity index (χ1) is 13.8. The Morgan fingerprint density at radius 3 is 2.11 bits per heavy atom. The van der Waals surface area contributed by atoms with Crippen LogP contribution in [0.3, 0.4) is 0 Å². The van der Waals surface area contributed by atoms with Crippen LogP contribution in [0, 0.1) is 0 Å². The smallest absolute Gasteiger partial charge is 0.0553 e. The number of nitrogens with zero attached hydrogens (tertiary/aromatic N) is 1. The largest absolute Gasteiger partial charge is 0.399 e. The Balaban J connectivity index is 1.79. The first-order valence-electron chi connectivity index (χ1n) is 9.50. The highest BCUT2D eigenvalue weighted by Crippen LogP contribution is 2.40. The van der Waals surface area contributed by atoms with Gasteiger partial charge in [0.15, 0.2) is 0 Å². The third-order valence-electron chi connectivity index (χ3n) is 5.66. The standard InChI is InChI=1S/C26H18N2/c27-21-13-11-17(12-14-21)20-15-19-10-9-18-5-4-8-23-25(18)26(19)24(16-20)28(23)22-6-2-1-3-7-22/h1-16H,27H2. The maximum absolute atomic E-state index is 5.89. The molecular weight excluding hydrogens is 340 g/mol. The topological polar surface area (TPSA) is 30.9 Å². The molecule has 1 heterocycles. The van der Waals surface area contributed by atoms with Crippen LogP contribution in [0.2, 0.25) is 0 Å². The van der Waals surface area contributed by atoms with E-state index in [2.05, 4.69) is 89.5 Å². The van der Waals surface area contributed by atoms with E-state index >= 15 is 0 Å². The molecule has 0 saturated carbocycles. The molecule has 0 spiro atoms. The lowest BCUT2D eigenvalue weighted by molar-refractivity contribution is 1.18. The fourth-order valence-corrected chi connectivity index (χ4v) is 4.39. The maximum Gasteiger partial charge on any atom is 0.0553 e. The molecular formula is C26H18N2. The average Bonchev–Trinajstić information content (AvgIpc) is 3.08. The minimum absolute atomic E-state index is 0.786. The molecule has 0 aliphatic heterocycles. The van der Waals surface area contributed by atoms with Crippen LogP contribution in [-0.4, -0.2) is 4.57 Å². The second-order valence-electron chi connectivity index (χ2n) is 7.33. The second kappa shape index (κ2) is 5.61. The molecule has 132 valence electrons. The molecule has 5 aromatic carbocycles. The minimum Gasteiger partial charge on any atom is -0.399 e. The SMILES string of the molecule is Nc1ccc(-c2cc3ccc4cccc5c4c3c(c2)n5-c2ccccc2)cc1. The molecule has 2 N–H and O–H groups in total. The van der Waals surface area contributed by atoms with Crippen LogP contribution in [0.25, 0.3) is 49.4 Å². The zero-order valence-electron chi connectivity index (χ0n) is 15.3. The van der Waals surface area contributed by atoms with Gasteiger partial charge in [-0.1, -0.05) is 54.6 Å². The third kappa shape index (κ3) is 2.09. The van der Waals surface area contributed by atoms with Crippen LogP contribution in [0.1, 0.15) is 0 Å². The summed E-state index contributed by atoms with van der Waals surface area (Å²) in [5.41, 5.74) is 12.7. The average molecular weight is 358 g/mol. The van der Waals surface area contributed by atoms with Crippen molar-refractivity contribution in [3.8, 4) is 16.8 Å². The number of aromatic nitrogens is 1. The van der Waals surface area contributed by atoms with Crippen LogP contribution in [0.4, 0.5) is 5.69 Å². The van der Waals surface area contributed by atoms with Crippen LogP contribution < -0.4 is 5.73 Å². The molecule has 0 unspecified atom stereocenters. The second-order valence-corrected chi connectivity index (χ2v) is 7.33. The lowest BCUT2D eigenvalue weighted by Gasteiger charge is -2.09. The number of hydrogen-bond donors (Lipinski definition) is 1. The molecule has 0 fully saturated rings. The van der Waals surface area contributed by atoms with Crippen molar-refractivity contribution in [2.75, 3.05) is 5.73 Å². The van der Waals surface area contributed by atoms with Crippen molar-refractivity contribution >= 4 is 38.3 Å². The molecule has 6 rings (SSSR count). The highest BCUT2D eigenvalue weighted by Gasteiger charge is 2.17. The molecule has 28 heavy (non-hydrogen) atoms. The fraction of sp³-hybridized carbons (Fsp3) is 0. The predicted molar refractivity (Wildman–Crippen MR) is 119 cm³/mol. The van der Waals surface area contributed by atoms with E-state index in [0.717, 1.165) is 5.69 Å². The van der Waals surface area contributed by atoms with Crippen LogP contribution in [0.15, 0.2) is 97.1 Å². The third-order valence-corrected chi connectivity index (χ3v) is 5.66. The van der Waals surface area contributed by atoms with E-state index in [1.165, 1.54) is 49.4 Å². The molecule has 0 aliphatic carbocycles. The summed E-state index contributed by atoms with van der Waals surface area (Å²) in [6, 6.07) is 34.3. The molecule has 0 aliphatic rings. The van der Waals surface area contributed by atoms with Gasteiger partial charge in [-0.15, -0.1) is 0 Å². The summed E-state index contributed by atoms with van der Waals surface area (Å²) in [5.74, 6) is 0. The number of nitrogens with two attached hydrogens (primary N) is 1. The van der Waals surface area contributed by atoms with E-state index in [-0.39, 0.29) is 0 Å². The van der Waals surface area contributed by atoms with Gasteiger partial charge in [0.2, 0.25) is 0 Å². The molecule has 0 atom stereocenters.